The van der Waals surface area contributed by atoms with Crippen LogP contribution in [-0.2, 0) is 18.9 Å². The van der Waals surface area contributed by atoms with Gasteiger partial charge in [-0.15, -0.1) is 0 Å². The number of hydrogen-bond acceptors (Lipinski definition) is 8. The van der Waals surface area contributed by atoms with E-state index in [-0.39, 0.29) is 18.3 Å². The van der Waals surface area contributed by atoms with Crippen molar-refractivity contribution in [3.8, 4) is 0 Å². The molecular weight excluding hydrogens is 302 g/mol. The molecule has 2 aromatic heterocycles. The first kappa shape index (κ1) is 16.1. The Hall–Kier alpha value is -1.81. The standard InChI is InChI=1S/C14H21N5O4/c1-7-17-12(15)9-13(18-7)19(6-16-9)14-11(22-4)10(21-3)8(23-14)5-20-2/h6,8,10-11,14H,5H2,1-4H3,(H2,15,17,18)/t8-,10?,11?,14-/m1/s1. The average molecular weight is 323 g/mol. The van der Waals surface area contributed by atoms with Crippen LogP contribution in [0.5, 0.6) is 0 Å². The summed E-state index contributed by atoms with van der Waals surface area (Å²) >= 11 is 0. The molecule has 0 aliphatic carbocycles. The van der Waals surface area contributed by atoms with Gasteiger partial charge in [0.15, 0.2) is 17.7 Å². The number of nitrogens with zero attached hydrogens (tertiary/aromatic N) is 4. The third-order valence-corrected chi connectivity index (χ3v) is 4.00. The molecule has 9 nitrogen and oxygen atoms in total. The number of fused-ring (bicyclic) bond motifs is 1. The molecule has 0 saturated carbocycles. The highest BCUT2D eigenvalue weighted by molar-refractivity contribution is 5.81. The van der Waals surface area contributed by atoms with Gasteiger partial charge < -0.3 is 24.7 Å². The maximum Gasteiger partial charge on any atom is 0.167 e. The third kappa shape index (κ3) is 2.65. The fraction of sp³-hybridized carbons (Fsp3) is 0.643. The number of anilines is 1. The van der Waals surface area contributed by atoms with E-state index in [1.165, 1.54) is 0 Å². The van der Waals surface area contributed by atoms with E-state index in [1.807, 2.05) is 0 Å². The van der Waals surface area contributed by atoms with E-state index in [1.54, 1.807) is 39.1 Å². The number of aryl methyl sites for hydroxylation is 1. The first-order chi connectivity index (χ1) is 11.1. The number of hydrogen-bond donors (Lipinski definition) is 1. The Morgan fingerprint density at radius 2 is 1.96 bits per heavy atom. The molecule has 126 valence electrons. The molecule has 3 rings (SSSR count). The summed E-state index contributed by atoms with van der Waals surface area (Å²) in [6.07, 6.45) is 0.353. The van der Waals surface area contributed by atoms with Gasteiger partial charge >= 0.3 is 0 Å². The number of nitrogen functional groups attached to an aromatic ring is 1. The van der Waals surface area contributed by atoms with E-state index >= 15 is 0 Å². The van der Waals surface area contributed by atoms with Crippen LogP contribution in [0.25, 0.3) is 11.2 Å². The Morgan fingerprint density at radius 1 is 1.22 bits per heavy atom. The minimum absolute atomic E-state index is 0.252. The highest BCUT2D eigenvalue weighted by Gasteiger charge is 2.46. The van der Waals surface area contributed by atoms with Crippen LogP contribution in [0.1, 0.15) is 12.1 Å². The first-order valence-corrected chi connectivity index (χ1v) is 7.27. The third-order valence-electron chi connectivity index (χ3n) is 4.00. The second-order valence-electron chi connectivity index (χ2n) is 5.40. The quantitative estimate of drug-likeness (QED) is 0.837. The number of imidazole rings is 1. The fourth-order valence-electron chi connectivity index (χ4n) is 3.00. The maximum atomic E-state index is 6.09. The number of rotatable bonds is 5. The summed E-state index contributed by atoms with van der Waals surface area (Å²) < 4.78 is 24.3. The summed E-state index contributed by atoms with van der Waals surface area (Å²) in [4.78, 5) is 12.9. The predicted molar refractivity (Wildman–Crippen MR) is 81.9 cm³/mol. The second-order valence-corrected chi connectivity index (χ2v) is 5.40. The molecule has 4 atom stereocenters. The highest BCUT2D eigenvalue weighted by Crippen LogP contribution is 2.35. The van der Waals surface area contributed by atoms with E-state index in [4.69, 9.17) is 24.7 Å². The molecule has 2 aromatic rings. The lowest BCUT2D eigenvalue weighted by atomic mass is 10.1. The number of aromatic nitrogens is 4. The van der Waals surface area contributed by atoms with Crippen molar-refractivity contribution in [2.45, 2.75) is 31.5 Å². The van der Waals surface area contributed by atoms with Crippen LogP contribution >= 0.6 is 0 Å². The Balaban J connectivity index is 2.03. The van der Waals surface area contributed by atoms with E-state index in [0.29, 0.717) is 29.4 Å². The van der Waals surface area contributed by atoms with E-state index < -0.39 is 6.23 Å². The highest BCUT2D eigenvalue weighted by atomic mass is 16.6. The molecule has 0 aromatic carbocycles. The van der Waals surface area contributed by atoms with Crippen LogP contribution in [-0.4, -0.2) is 65.8 Å². The van der Waals surface area contributed by atoms with Crippen molar-refractivity contribution in [2.24, 2.45) is 0 Å². The van der Waals surface area contributed by atoms with Crippen molar-refractivity contribution < 1.29 is 18.9 Å². The van der Waals surface area contributed by atoms with E-state index in [2.05, 4.69) is 15.0 Å². The second kappa shape index (κ2) is 6.36. The minimum atomic E-state index is -0.441. The lowest BCUT2D eigenvalue weighted by Gasteiger charge is -2.22. The zero-order chi connectivity index (χ0) is 16.6. The fourth-order valence-corrected chi connectivity index (χ4v) is 3.00. The molecule has 2 unspecified atom stereocenters. The lowest BCUT2D eigenvalue weighted by molar-refractivity contribution is -0.0636. The molecule has 23 heavy (non-hydrogen) atoms. The Bertz CT molecular complexity index is 691. The number of nitrogens with two attached hydrogens (primary N) is 1. The predicted octanol–water partition coefficient (Wildman–Crippen LogP) is 0.291. The molecule has 0 amide bonds. The largest absolute Gasteiger partial charge is 0.382 e. The van der Waals surface area contributed by atoms with Crippen LogP contribution in [0.4, 0.5) is 5.82 Å². The van der Waals surface area contributed by atoms with Crippen molar-refractivity contribution in [3.05, 3.63) is 12.2 Å². The minimum Gasteiger partial charge on any atom is -0.382 e. The molecule has 0 bridgehead atoms. The SMILES string of the molecule is COC[C@H]1O[C@@H](n2cnc3c(N)nc(C)nc32)C(OC)C1OC. The zero-order valence-corrected chi connectivity index (χ0v) is 13.6. The van der Waals surface area contributed by atoms with Gasteiger partial charge in [0.25, 0.3) is 0 Å². The van der Waals surface area contributed by atoms with E-state index in [0.717, 1.165) is 0 Å². The summed E-state index contributed by atoms with van der Waals surface area (Å²) in [5.74, 6) is 0.912. The van der Waals surface area contributed by atoms with Gasteiger partial charge in [0, 0.05) is 21.3 Å². The first-order valence-electron chi connectivity index (χ1n) is 7.27. The summed E-state index contributed by atoms with van der Waals surface area (Å²) in [5, 5.41) is 0. The molecule has 0 spiro atoms. The van der Waals surface area contributed by atoms with Gasteiger partial charge in [-0.1, -0.05) is 0 Å². The molecule has 1 fully saturated rings. The van der Waals surface area contributed by atoms with Crippen LogP contribution in [0.3, 0.4) is 0 Å². The lowest BCUT2D eigenvalue weighted by Crippen LogP contribution is -2.36. The van der Waals surface area contributed by atoms with Gasteiger partial charge in [0.05, 0.1) is 12.9 Å². The number of methoxy groups -OCH3 is 3. The Kier molecular flexibility index (Phi) is 4.44. The molecule has 9 heteroatoms. The summed E-state index contributed by atoms with van der Waals surface area (Å²) in [6.45, 7) is 2.18. The van der Waals surface area contributed by atoms with Crippen molar-refractivity contribution in [1.29, 1.82) is 0 Å². The van der Waals surface area contributed by atoms with Crippen LogP contribution in [0.15, 0.2) is 6.33 Å². The summed E-state index contributed by atoms with van der Waals surface area (Å²) in [5.41, 5.74) is 7.07. The van der Waals surface area contributed by atoms with Crippen LogP contribution < -0.4 is 5.73 Å². The molecule has 3 heterocycles. The van der Waals surface area contributed by atoms with Crippen LogP contribution in [0, 0.1) is 6.92 Å². The van der Waals surface area contributed by atoms with Crippen molar-refractivity contribution in [1.82, 2.24) is 19.5 Å². The van der Waals surface area contributed by atoms with Gasteiger partial charge in [-0.05, 0) is 6.92 Å². The van der Waals surface area contributed by atoms with Gasteiger partial charge in [-0.2, -0.15) is 0 Å². The number of ether oxygens (including phenoxy) is 4. The van der Waals surface area contributed by atoms with Gasteiger partial charge in [-0.25, -0.2) is 15.0 Å². The van der Waals surface area contributed by atoms with Gasteiger partial charge in [0.1, 0.15) is 29.7 Å². The topological polar surface area (TPSA) is 107 Å². The maximum absolute atomic E-state index is 6.09. The van der Waals surface area contributed by atoms with Crippen molar-refractivity contribution >= 4 is 17.0 Å². The molecule has 0 radical (unpaired) electrons. The molecule has 2 N–H and O–H groups in total. The summed E-state index contributed by atoms with van der Waals surface area (Å²) in [6, 6.07) is 0. The molecular formula is C14H21N5O4. The zero-order valence-electron chi connectivity index (χ0n) is 13.6. The molecule has 1 saturated heterocycles. The average Bonchev–Trinajstić information content (AvgIpc) is 3.08. The van der Waals surface area contributed by atoms with Crippen LogP contribution in [0.2, 0.25) is 0 Å². The smallest absolute Gasteiger partial charge is 0.167 e. The molecule has 1 aliphatic rings. The summed E-state index contributed by atoms with van der Waals surface area (Å²) in [7, 11) is 4.87. The normalized spacial score (nSPS) is 27.8. The molecule has 1 aliphatic heterocycles. The van der Waals surface area contributed by atoms with Crippen molar-refractivity contribution in [2.75, 3.05) is 33.7 Å². The van der Waals surface area contributed by atoms with E-state index in [9.17, 15) is 0 Å². The van der Waals surface area contributed by atoms with Crippen molar-refractivity contribution in [3.63, 3.8) is 0 Å². The van der Waals surface area contributed by atoms with Gasteiger partial charge in [-0.3, -0.25) is 4.57 Å². The Morgan fingerprint density at radius 3 is 2.61 bits per heavy atom. The Labute approximate surface area is 133 Å². The monoisotopic (exact) mass is 323 g/mol. The van der Waals surface area contributed by atoms with Gasteiger partial charge in [0.2, 0.25) is 0 Å².